The minimum absolute atomic E-state index is 0.0433. The number of carbonyl (C=O) groups is 1. The Morgan fingerprint density at radius 2 is 2.19 bits per heavy atom. The van der Waals surface area contributed by atoms with Crippen molar-refractivity contribution < 1.29 is 9.90 Å². The van der Waals surface area contributed by atoms with Crippen molar-refractivity contribution in [2.24, 2.45) is 0 Å². The quantitative estimate of drug-likeness (QED) is 0.587. The molecule has 0 aromatic carbocycles. The Balaban J connectivity index is 2.29. The Kier molecular flexibility index (Phi) is 5.21. The highest BCUT2D eigenvalue weighted by atomic mass is 16.4. The third-order valence-corrected chi connectivity index (χ3v) is 1.96. The van der Waals surface area contributed by atoms with Crippen LogP contribution < -0.4 is 10.6 Å². The van der Waals surface area contributed by atoms with Crippen LogP contribution in [0.3, 0.4) is 0 Å². The number of hydrogen-bond donors (Lipinski definition) is 3. The van der Waals surface area contributed by atoms with Crippen molar-refractivity contribution in [2.75, 3.05) is 25.0 Å². The number of hydrogen-bond acceptors (Lipinski definition) is 5. The molecule has 6 heteroatoms. The number of carboxylic acids is 1. The highest BCUT2D eigenvalue weighted by molar-refractivity contribution is 5.84. The van der Waals surface area contributed by atoms with Gasteiger partial charge in [-0.25, -0.2) is 14.8 Å². The van der Waals surface area contributed by atoms with E-state index >= 15 is 0 Å². The second kappa shape index (κ2) is 6.73. The maximum absolute atomic E-state index is 10.5. The van der Waals surface area contributed by atoms with Crippen LogP contribution in [0.4, 0.5) is 5.82 Å². The summed E-state index contributed by atoms with van der Waals surface area (Å²) in [5, 5.41) is 14.9. The predicted molar refractivity (Wildman–Crippen MR) is 60.6 cm³/mol. The summed E-state index contributed by atoms with van der Waals surface area (Å²) in [6.45, 7) is 4.76. The minimum Gasteiger partial charge on any atom is -0.476 e. The zero-order chi connectivity index (χ0) is 11.8. The van der Waals surface area contributed by atoms with E-state index in [0.717, 1.165) is 26.1 Å². The molecule has 0 radical (unpaired) electrons. The molecule has 0 amide bonds. The standard InChI is InChI=1S/C10H16N4O2/c1-2-11-4-3-5-12-9-7-13-8(6-14-9)10(15)16/h6-7,11H,2-5H2,1H3,(H,12,14)(H,15,16). The van der Waals surface area contributed by atoms with Crippen molar-refractivity contribution in [3.05, 3.63) is 18.1 Å². The fourth-order valence-electron chi connectivity index (χ4n) is 1.14. The van der Waals surface area contributed by atoms with Gasteiger partial charge in [-0.15, -0.1) is 0 Å². The Morgan fingerprint density at radius 3 is 2.75 bits per heavy atom. The van der Waals surface area contributed by atoms with Gasteiger partial charge in [-0.1, -0.05) is 6.92 Å². The molecule has 0 fully saturated rings. The maximum atomic E-state index is 10.5. The first-order chi connectivity index (χ1) is 7.74. The molecule has 0 aliphatic heterocycles. The number of nitrogens with one attached hydrogen (secondary N) is 2. The molecule has 0 atom stereocenters. The molecule has 0 aliphatic carbocycles. The predicted octanol–water partition coefficient (Wildman–Crippen LogP) is 0.586. The molecule has 0 bridgehead atoms. The van der Waals surface area contributed by atoms with Crippen molar-refractivity contribution in [3.63, 3.8) is 0 Å². The monoisotopic (exact) mass is 224 g/mol. The first kappa shape index (κ1) is 12.4. The van der Waals surface area contributed by atoms with Crippen LogP contribution in [0.5, 0.6) is 0 Å². The van der Waals surface area contributed by atoms with Gasteiger partial charge in [-0.05, 0) is 19.5 Å². The summed E-state index contributed by atoms with van der Waals surface area (Å²) in [5.74, 6) is -0.465. The highest BCUT2D eigenvalue weighted by Gasteiger charge is 2.03. The van der Waals surface area contributed by atoms with E-state index < -0.39 is 5.97 Å². The smallest absolute Gasteiger partial charge is 0.356 e. The summed E-state index contributed by atoms with van der Waals surface area (Å²) in [6.07, 6.45) is 3.65. The molecule has 1 aromatic rings. The van der Waals surface area contributed by atoms with E-state index in [2.05, 4.69) is 27.5 Å². The van der Waals surface area contributed by atoms with Gasteiger partial charge in [0.2, 0.25) is 0 Å². The number of aromatic nitrogens is 2. The lowest BCUT2D eigenvalue weighted by Gasteiger charge is -2.05. The third kappa shape index (κ3) is 4.22. The number of aromatic carboxylic acids is 1. The van der Waals surface area contributed by atoms with Crippen LogP contribution in [-0.4, -0.2) is 40.7 Å². The average Bonchev–Trinajstić information content (AvgIpc) is 2.29. The largest absolute Gasteiger partial charge is 0.476 e. The molecule has 0 saturated carbocycles. The number of anilines is 1. The average molecular weight is 224 g/mol. The van der Waals surface area contributed by atoms with E-state index in [1.54, 1.807) is 0 Å². The van der Waals surface area contributed by atoms with E-state index in [1.165, 1.54) is 12.4 Å². The summed E-state index contributed by atoms with van der Waals surface area (Å²) in [7, 11) is 0. The third-order valence-electron chi connectivity index (χ3n) is 1.96. The van der Waals surface area contributed by atoms with Crippen LogP contribution in [0.15, 0.2) is 12.4 Å². The number of rotatable bonds is 7. The second-order valence-electron chi connectivity index (χ2n) is 3.23. The lowest BCUT2D eigenvalue weighted by molar-refractivity contribution is 0.0690. The molecule has 88 valence electrons. The molecule has 1 aromatic heterocycles. The van der Waals surface area contributed by atoms with Gasteiger partial charge in [0.05, 0.1) is 12.4 Å². The summed E-state index contributed by atoms with van der Waals surface area (Å²) < 4.78 is 0. The number of nitrogens with zero attached hydrogens (tertiary/aromatic N) is 2. The maximum Gasteiger partial charge on any atom is 0.356 e. The molecule has 1 heterocycles. The van der Waals surface area contributed by atoms with Crippen molar-refractivity contribution >= 4 is 11.8 Å². The normalized spacial score (nSPS) is 10.1. The highest BCUT2D eigenvalue weighted by Crippen LogP contribution is 2.00. The van der Waals surface area contributed by atoms with Gasteiger partial charge < -0.3 is 15.7 Å². The molecular formula is C10H16N4O2. The van der Waals surface area contributed by atoms with Gasteiger partial charge >= 0.3 is 5.97 Å². The fraction of sp³-hybridized carbons (Fsp3) is 0.500. The van der Waals surface area contributed by atoms with Gasteiger partial charge in [0, 0.05) is 6.54 Å². The molecule has 0 spiro atoms. The topological polar surface area (TPSA) is 87.1 Å². The zero-order valence-electron chi connectivity index (χ0n) is 9.23. The van der Waals surface area contributed by atoms with E-state index in [9.17, 15) is 4.79 Å². The van der Waals surface area contributed by atoms with Crippen LogP contribution in [0, 0.1) is 0 Å². The molecule has 16 heavy (non-hydrogen) atoms. The van der Waals surface area contributed by atoms with Crippen LogP contribution in [-0.2, 0) is 0 Å². The van der Waals surface area contributed by atoms with Gasteiger partial charge in [0.1, 0.15) is 5.82 Å². The fourth-order valence-corrected chi connectivity index (χ4v) is 1.14. The van der Waals surface area contributed by atoms with Crippen molar-refractivity contribution in [1.82, 2.24) is 15.3 Å². The lowest BCUT2D eigenvalue weighted by atomic mass is 10.4. The van der Waals surface area contributed by atoms with Crippen molar-refractivity contribution in [1.29, 1.82) is 0 Å². The van der Waals surface area contributed by atoms with E-state index in [1.807, 2.05) is 0 Å². The first-order valence-corrected chi connectivity index (χ1v) is 5.24. The van der Waals surface area contributed by atoms with Crippen LogP contribution in [0.2, 0.25) is 0 Å². The lowest BCUT2D eigenvalue weighted by Crippen LogP contribution is -2.17. The van der Waals surface area contributed by atoms with Crippen LogP contribution in [0.1, 0.15) is 23.8 Å². The number of carboxylic acid groups (broad SMARTS) is 1. The van der Waals surface area contributed by atoms with E-state index in [-0.39, 0.29) is 5.69 Å². The Morgan fingerprint density at radius 1 is 1.38 bits per heavy atom. The Bertz CT molecular complexity index is 326. The Labute approximate surface area is 94.1 Å². The molecular weight excluding hydrogens is 208 g/mol. The van der Waals surface area contributed by atoms with Gasteiger partial charge in [0.25, 0.3) is 0 Å². The molecule has 0 aliphatic rings. The molecule has 0 saturated heterocycles. The summed E-state index contributed by atoms with van der Waals surface area (Å²) in [6, 6.07) is 0. The summed E-state index contributed by atoms with van der Waals surface area (Å²) in [5.41, 5.74) is -0.0433. The minimum atomic E-state index is -1.06. The second-order valence-corrected chi connectivity index (χ2v) is 3.23. The molecule has 1 rings (SSSR count). The Hall–Kier alpha value is -1.69. The van der Waals surface area contributed by atoms with E-state index in [4.69, 9.17) is 5.11 Å². The van der Waals surface area contributed by atoms with Crippen LogP contribution >= 0.6 is 0 Å². The van der Waals surface area contributed by atoms with Gasteiger partial charge in [-0.2, -0.15) is 0 Å². The van der Waals surface area contributed by atoms with Gasteiger partial charge in [-0.3, -0.25) is 0 Å². The molecule has 0 unspecified atom stereocenters. The molecule has 3 N–H and O–H groups in total. The first-order valence-electron chi connectivity index (χ1n) is 5.24. The van der Waals surface area contributed by atoms with Crippen molar-refractivity contribution in [3.8, 4) is 0 Å². The summed E-state index contributed by atoms with van der Waals surface area (Å²) >= 11 is 0. The zero-order valence-corrected chi connectivity index (χ0v) is 9.23. The summed E-state index contributed by atoms with van der Waals surface area (Å²) in [4.78, 5) is 18.2. The molecule has 6 nitrogen and oxygen atoms in total. The van der Waals surface area contributed by atoms with Gasteiger partial charge in [0.15, 0.2) is 5.69 Å². The van der Waals surface area contributed by atoms with Crippen molar-refractivity contribution in [2.45, 2.75) is 13.3 Å². The SMILES string of the molecule is CCNCCCNc1cnc(C(=O)O)cn1. The van der Waals surface area contributed by atoms with Crippen LogP contribution in [0.25, 0.3) is 0 Å². The van der Waals surface area contributed by atoms with E-state index in [0.29, 0.717) is 5.82 Å².